The summed E-state index contributed by atoms with van der Waals surface area (Å²) < 4.78 is 0. The van der Waals surface area contributed by atoms with Gasteiger partial charge in [0.25, 0.3) is 5.91 Å². The van der Waals surface area contributed by atoms with Gasteiger partial charge in [0, 0.05) is 13.0 Å². The molecule has 0 aliphatic carbocycles. The van der Waals surface area contributed by atoms with Crippen molar-refractivity contribution < 1.29 is 24.3 Å². The molecule has 0 bridgehead atoms. The first-order valence-corrected chi connectivity index (χ1v) is 6.85. The second-order valence-electron chi connectivity index (χ2n) is 5.51. The average Bonchev–Trinajstić information content (AvgIpc) is 2.56. The minimum absolute atomic E-state index is 0.0710. The molecule has 1 fully saturated rings. The quantitative estimate of drug-likeness (QED) is 0.576. The highest BCUT2D eigenvalue weighted by molar-refractivity contribution is 6.06. The number of hydrogen-bond acceptors (Lipinski definition) is 4. The molecule has 4 amide bonds. The third-order valence-electron chi connectivity index (χ3n) is 3.22. The van der Waals surface area contributed by atoms with E-state index in [9.17, 15) is 19.2 Å². The number of nitrogens with one attached hydrogen (secondary N) is 2. The maximum absolute atomic E-state index is 11.9. The Kier molecular flexibility index (Phi) is 5.28. The SMILES string of the molecule is CCC[C@H](NC(=O)CCN1C(=O)NC(C)(C)C1=O)C(=O)O. The number of rotatable bonds is 7. The summed E-state index contributed by atoms with van der Waals surface area (Å²) in [5, 5.41) is 13.8. The fourth-order valence-corrected chi connectivity index (χ4v) is 2.05. The molecular weight excluding hydrogens is 278 g/mol. The fourth-order valence-electron chi connectivity index (χ4n) is 2.05. The molecule has 1 aliphatic heterocycles. The van der Waals surface area contributed by atoms with Crippen LogP contribution in [0.2, 0.25) is 0 Å². The number of hydrogen-bond donors (Lipinski definition) is 3. The van der Waals surface area contributed by atoms with Crippen molar-refractivity contribution in [1.82, 2.24) is 15.5 Å². The van der Waals surface area contributed by atoms with Gasteiger partial charge in [0.15, 0.2) is 0 Å². The van der Waals surface area contributed by atoms with Crippen LogP contribution in [0.1, 0.15) is 40.0 Å². The monoisotopic (exact) mass is 299 g/mol. The lowest BCUT2D eigenvalue weighted by atomic mass is 10.1. The van der Waals surface area contributed by atoms with E-state index in [4.69, 9.17) is 5.11 Å². The van der Waals surface area contributed by atoms with Crippen LogP contribution in [0.5, 0.6) is 0 Å². The van der Waals surface area contributed by atoms with Gasteiger partial charge in [-0.3, -0.25) is 14.5 Å². The van der Waals surface area contributed by atoms with Gasteiger partial charge >= 0.3 is 12.0 Å². The Labute approximate surface area is 122 Å². The van der Waals surface area contributed by atoms with E-state index in [0.717, 1.165) is 4.90 Å². The summed E-state index contributed by atoms with van der Waals surface area (Å²) in [7, 11) is 0. The van der Waals surface area contributed by atoms with Crippen LogP contribution in [0.15, 0.2) is 0 Å². The molecule has 0 radical (unpaired) electrons. The third-order valence-corrected chi connectivity index (χ3v) is 3.22. The number of carboxylic acids is 1. The molecule has 8 nitrogen and oxygen atoms in total. The normalized spacial score (nSPS) is 18.3. The van der Waals surface area contributed by atoms with E-state index in [0.29, 0.717) is 12.8 Å². The zero-order valence-corrected chi connectivity index (χ0v) is 12.4. The lowest BCUT2D eigenvalue weighted by molar-refractivity contribution is -0.142. The summed E-state index contributed by atoms with van der Waals surface area (Å²) in [6.45, 7) is 4.90. The van der Waals surface area contributed by atoms with Crippen LogP contribution in [0, 0.1) is 0 Å². The first kappa shape index (κ1) is 16.9. The van der Waals surface area contributed by atoms with E-state index in [2.05, 4.69) is 10.6 Å². The largest absolute Gasteiger partial charge is 0.480 e. The predicted molar refractivity (Wildman–Crippen MR) is 73.4 cm³/mol. The lowest BCUT2D eigenvalue weighted by Gasteiger charge is -2.17. The number of urea groups is 1. The number of carbonyl (C=O) groups is 4. The van der Waals surface area contributed by atoms with Crippen LogP contribution in [-0.2, 0) is 14.4 Å². The number of amides is 4. The van der Waals surface area contributed by atoms with Crippen LogP contribution in [-0.4, -0.2) is 51.9 Å². The summed E-state index contributed by atoms with van der Waals surface area (Å²) in [4.78, 5) is 47.1. The van der Waals surface area contributed by atoms with Crippen LogP contribution in [0.4, 0.5) is 4.79 Å². The van der Waals surface area contributed by atoms with Crippen molar-refractivity contribution in [2.75, 3.05) is 6.54 Å². The molecule has 1 aliphatic rings. The second-order valence-corrected chi connectivity index (χ2v) is 5.51. The van der Waals surface area contributed by atoms with E-state index in [1.807, 2.05) is 6.92 Å². The molecule has 0 aromatic heterocycles. The Morgan fingerprint density at radius 2 is 2.00 bits per heavy atom. The van der Waals surface area contributed by atoms with Gasteiger partial charge in [0.05, 0.1) is 0 Å². The van der Waals surface area contributed by atoms with Crippen LogP contribution in [0.3, 0.4) is 0 Å². The fraction of sp³-hybridized carbons (Fsp3) is 0.692. The van der Waals surface area contributed by atoms with Crippen molar-refractivity contribution in [2.45, 2.75) is 51.6 Å². The maximum atomic E-state index is 11.9. The van der Waals surface area contributed by atoms with Crippen molar-refractivity contribution >= 4 is 23.8 Å². The van der Waals surface area contributed by atoms with Crippen molar-refractivity contribution in [1.29, 1.82) is 0 Å². The van der Waals surface area contributed by atoms with Crippen molar-refractivity contribution in [3.05, 3.63) is 0 Å². The molecule has 0 aromatic rings. The zero-order valence-electron chi connectivity index (χ0n) is 12.4. The summed E-state index contributed by atoms with van der Waals surface area (Å²) in [6.07, 6.45) is 0.832. The molecular formula is C13H21N3O5. The molecule has 0 spiro atoms. The molecule has 8 heteroatoms. The minimum Gasteiger partial charge on any atom is -0.480 e. The van der Waals surface area contributed by atoms with Crippen LogP contribution in [0.25, 0.3) is 0 Å². The number of carbonyl (C=O) groups excluding carboxylic acids is 3. The van der Waals surface area contributed by atoms with Crippen LogP contribution >= 0.6 is 0 Å². The summed E-state index contributed by atoms with van der Waals surface area (Å²) in [6, 6.07) is -1.48. The van der Waals surface area contributed by atoms with Gasteiger partial charge in [-0.25, -0.2) is 9.59 Å². The molecule has 118 valence electrons. The van der Waals surface area contributed by atoms with Gasteiger partial charge in [0.2, 0.25) is 5.91 Å². The summed E-state index contributed by atoms with van der Waals surface area (Å²) in [5.74, 6) is -1.99. The Balaban J connectivity index is 2.52. The molecule has 0 saturated carbocycles. The lowest BCUT2D eigenvalue weighted by Crippen LogP contribution is -2.43. The molecule has 1 atom stereocenters. The number of carboxylic acid groups (broad SMARTS) is 1. The Bertz CT molecular complexity index is 461. The van der Waals surface area contributed by atoms with Crippen molar-refractivity contribution in [3.63, 3.8) is 0 Å². The highest BCUT2D eigenvalue weighted by Crippen LogP contribution is 2.16. The molecule has 1 heterocycles. The van der Waals surface area contributed by atoms with Gasteiger partial charge < -0.3 is 15.7 Å². The van der Waals surface area contributed by atoms with E-state index < -0.39 is 35.4 Å². The standard InChI is InChI=1S/C13H21N3O5/c1-4-5-8(10(18)19)14-9(17)6-7-16-11(20)13(2,3)15-12(16)21/h8H,4-7H2,1-3H3,(H,14,17)(H,15,21)(H,18,19)/t8-/m0/s1. The van der Waals surface area contributed by atoms with Gasteiger partial charge in [-0.15, -0.1) is 0 Å². The maximum Gasteiger partial charge on any atom is 0.326 e. The van der Waals surface area contributed by atoms with Gasteiger partial charge in [0.1, 0.15) is 11.6 Å². The summed E-state index contributed by atoms with van der Waals surface area (Å²) >= 11 is 0. The van der Waals surface area contributed by atoms with Gasteiger partial charge in [-0.1, -0.05) is 13.3 Å². The molecule has 1 rings (SSSR count). The predicted octanol–water partition coefficient (Wildman–Crippen LogP) is 0.0764. The van der Waals surface area contributed by atoms with E-state index in [1.165, 1.54) is 0 Å². The van der Waals surface area contributed by atoms with Gasteiger partial charge in [-0.05, 0) is 20.3 Å². The Morgan fingerprint density at radius 1 is 1.38 bits per heavy atom. The first-order valence-electron chi connectivity index (χ1n) is 6.85. The molecule has 21 heavy (non-hydrogen) atoms. The van der Waals surface area contributed by atoms with Gasteiger partial charge in [-0.2, -0.15) is 0 Å². The van der Waals surface area contributed by atoms with Crippen molar-refractivity contribution in [3.8, 4) is 0 Å². The molecule has 0 unspecified atom stereocenters. The average molecular weight is 299 g/mol. The topological polar surface area (TPSA) is 116 Å². The smallest absolute Gasteiger partial charge is 0.326 e. The number of nitrogens with zero attached hydrogens (tertiary/aromatic N) is 1. The highest BCUT2D eigenvalue weighted by Gasteiger charge is 2.44. The third kappa shape index (κ3) is 4.17. The number of aliphatic carboxylic acids is 1. The highest BCUT2D eigenvalue weighted by atomic mass is 16.4. The summed E-state index contributed by atoms with van der Waals surface area (Å²) in [5.41, 5.74) is -0.973. The minimum atomic E-state index is -1.10. The first-order chi connectivity index (χ1) is 9.69. The number of imide groups is 1. The second kappa shape index (κ2) is 6.55. The Morgan fingerprint density at radius 3 is 2.43 bits per heavy atom. The molecule has 3 N–H and O–H groups in total. The van der Waals surface area contributed by atoms with E-state index >= 15 is 0 Å². The zero-order chi connectivity index (χ0) is 16.2. The van der Waals surface area contributed by atoms with E-state index in [-0.39, 0.29) is 13.0 Å². The van der Waals surface area contributed by atoms with Crippen LogP contribution < -0.4 is 10.6 Å². The van der Waals surface area contributed by atoms with Crippen molar-refractivity contribution in [2.24, 2.45) is 0 Å². The molecule has 1 saturated heterocycles. The Hall–Kier alpha value is -2.12. The molecule has 0 aromatic carbocycles. The van der Waals surface area contributed by atoms with E-state index in [1.54, 1.807) is 13.8 Å².